The Morgan fingerprint density at radius 2 is 2.00 bits per heavy atom. The molecule has 7 nitrogen and oxygen atoms in total. The summed E-state index contributed by atoms with van der Waals surface area (Å²) in [5, 5.41) is 8.90. The summed E-state index contributed by atoms with van der Waals surface area (Å²) in [6.45, 7) is 5.44. The largest absolute Gasteiger partial charge is 0.481 e. The van der Waals surface area contributed by atoms with Crippen molar-refractivity contribution in [3.63, 3.8) is 0 Å². The van der Waals surface area contributed by atoms with Crippen molar-refractivity contribution < 1.29 is 24.2 Å². The first kappa shape index (κ1) is 18.4. The molecule has 2 amide bonds. The number of aliphatic carboxylic acids is 1. The molecule has 2 atom stereocenters. The molecule has 0 unspecified atom stereocenters. The number of hydrogen-bond donors (Lipinski definition) is 1. The molecule has 0 radical (unpaired) electrons. The van der Waals surface area contributed by atoms with E-state index in [0.717, 1.165) is 16.8 Å². The van der Waals surface area contributed by atoms with Crippen LogP contribution in [0.3, 0.4) is 0 Å². The molecule has 2 aliphatic heterocycles. The highest BCUT2D eigenvalue weighted by Gasteiger charge is 2.41. The summed E-state index contributed by atoms with van der Waals surface area (Å²) in [6, 6.07) is 5.86. The van der Waals surface area contributed by atoms with Crippen LogP contribution in [0.2, 0.25) is 0 Å². The van der Waals surface area contributed by atoms with Crippen molar-refractivity contribution in [1.29, 1.82) is 0 Å². The van der Waals surface area contributed by atoms with Gasteiger partial charge in [-0.1, -0.05) is 6.07 Å². The van der Waals surface area contributed by atoms with Crippen LogP contribution in [0, 0.1) is 19.8 Å². The molecule has 0 spiro atoms. The fraction of sp³-hybridized carbons (Fsp3) is 0.526. The Morgan fingerprint density at radius 3 is 2.69 bits per heavy atom. The average Bonchev–Trinajstić information content (AvgIpc) is 2.98. The molecule has 1 aromatic rings. The summed E-state index contributed by atoms with van der Waals surface area (Å²) >= 11 is 0. The number of carboxylic acid groups (broad SMARTS) is 1. The molecule has 0 saturated carbocycles. The zero-order valence-electron chi connectivity index (χ0n) is 15.1. The van der Waals surface area contributed by atoms with Gasteiger partial charge < -0.3 is 19.6 Å². The quantitative estimate of drug-likeness (QED) is 0.819. The molecule has 2 fully saturated rings. The minimum atomic E-state index is -0.956. The lowest BCUT2D eigenvalue weighted by Gasteiger charge is -2.33. The van der Waals surface area contributed by atoms with Gasteiger partial charge in [0.1, 0.15) is 5.92 Å². The number of nitrogens with zero attached hydrogens (tertiary/aromatic N) is 2. The lowest BCUT2D eigenvalue weighted by atomic mass is 10.1. The van der Waals surface area contributed by atoms with E-state index in [2.05, 4.69) is 0 Å². The maximum absolute atomic E-state index is 12.8. The van der Waals surface area contributed by atoms with Crippen LogP contribution in [0.1, 0.15) is 24.0 Å². The van der Waals surface area contributed by atoms with Gasteiger partial charge in [-0.15, -0.1) is 0 Å². The molecule has 1 aromatic carbocycles. The van der Waals surface area contributed by atoms with Gasteiger partial charge in [0.25, 0.3) is 0 Å². The predicted molar refractivity (Wildman–Crippen MR) is 94.9 cm³/mol. The van der Waals surface area contributed by atoms with Crippen molar-refractivity contribution in [2.75, 3.05) is 31.1 Å². The molecular formula is C19H24N2O5. The van der Waals surface area contributed by atoms with Gasteiger partial charge in [-0.3, -0.25) is 14.4 Å². The molecule has 3 rings (SSSR count). The SMILES string of the molecule is Cc1ccc(N2CC[C@H](C(=O)N3CCO[C@@H](CC(=O)O)C3)C2=O)cc1C. The lowest BCUT2D eigenvalue weighted by Crippen LogP contribution is -2.49. The number of amides is 2. The second-order valence-electron chi connectivity index (χ2n) is 6.97. The number of morpholine rings is 1. The molecule has 2 aliphatic rings. The summed E-state index contributed by atoms with van der Waals surface area (Å²) in [4.78, 5) is 39.7. The maximum Gasteiger partial charge on any atom is 0.306 e. The number of carbonyl (C=O) groups excluding carboxylic acids is 2. The van der Waals surface area contributed by atoms with Crippen molar-refractivity contribution in [2.45, 2.75) is 32.8 Å². The van der Waals surface area contributed by atoms with E-state index in [1.54, 1.807) is 9.80 Å². The summed E-state index contributed by atoms with van der Waals surface area (Å²) in [6.07, 6.45) is -0.180. The normalized spacial score (nSPS) is 23.4. The molecule has 0 bridgehead atoms. The van der Waals surface area contributed by atoms with E-state index in [4.69, 9.17) is 9.84 Å². The Labute approximate surface area is 152 Å². The van der Waals surface area contributed by atoms with Crippen LogP contribution >= 0.6 is 0 Å². The standard InChI is InChI=1S/C19H24N2O5/c1-12-3-4-14(9-13(12)2)21-6-5-16(19(21)25)18(24)20-7-8-26-15(11-20)10-17(22)23/h3-4,9,15-16H,5-8,10-11H2,1-2H3,(H,22,23)/t15-,16+/m0/s1. The van der Waals surface area contributed by atoms with Crippen LogP contribution < -0.4 is 4.90 Å². The van der Waals surface area contributed by atoms with Gasteiger partial charge in [-0.05, 0) is 43.5 Å². The minimum absolute atomic E-state index is 0.142. The summed E-state index contributed by atoms with van der Waals surface area (Å²) in [7, 11) is 0. The third-order valence-corrected chi connectivity index (χ3v) is 5.16. The summed E-state index contributed by atoms with van der Waals surface area (Å²) in [5.41, 5.74) is 3.08. The fourth-order valence-corrected chi connectivity index (χ4v) is 3.52. The number of carbonyl (C=O) groups is 3. The van der Waals surface area contributed by atoms with Gasteiger partial charge in [-0.25, -0.2) is 0 Å². The summed E-state index contributed by atoms with van der Waals surface area (Å²) in [5.74, 6) is -2.05. The zero-order chi connectivity index (χ0) is 18.8. The molecule has 1 N–H and O–H groups in total. The third kappa shape index (κ3) is 3.72. The number of benzene rings is 1. The van der Waals surface area contributed by atoms with Crippen LogP contribution in [0.4, 0.5) is 5.69 Å². The van der Waals surface area contributed by atoms with Crippen LogP contribution in [0.5, 0.6) is 0 Å². The molecule has 26 heavy (non-hydrogen) atoms. The highest BCUT2D eigenvalue weighted by atomic mass is 16.5. The first-order valence-electron chi connectivity index (χ1n) is 8.87. The number of rotatable bonds is 4. The van der Waals surface area contributed by atoms with Gasteiger partial charge in [0.05, 0.1) is 19.1 Å². The molecular weight excluding hydrogens is 336 g/mol. The Bertz CT molecular complexity index is 733. The highest BCUT2D eigenvalue weighted by Crippen LogP contribution is 2.28. The Hall–Kier alpha value is -2.41. The van der Waals surface area contributed by atoms with Crippen molar-refractivity contribution >= 4 is 23.5 Å². The number of aryl methyl sites for hydroxylation is 2. The molecule has 140 valence electrons. The predicted octanol–water partition coefficient (Wildman–Crippen LogP) is 1.36. The number of ether oxygens (including phenoxy) is 1. The van der Waals surface area contributed by atoms with Crippen LogP contribution in [-0.2, 0) is 19.1 Å². The fourth-order valence-electron chi connectivity index (χ4n) is 3.52. The molecule has 0 aromatic heterocycles. The zero-order valence-corrected chi connectivity index (χ0v) is 15.1. The first-order chi connectivity index (χ1) is 12.4. The van der Waals surface area contributed by atoms with Crippen molar-refractivity contribution in [2.24, 2.45) is 5.92 Å². The first-order valence-corrected chi connectivity index (χ1v) is 8.87. The van der Waals surface area contributed by atoms with Gasteiger partial charge >= 0.3 is 5.97 Å². The van der Waals surface area contributed by atoms with E-state index < -0.39 is 18.0 Å². The van der Waals surface area contributed by atoms with Crippen molar-refractivity contribution in [3.8, 4) is 0 Å². The van der Waals surface area contributed by atoms with Crippen LogP contribution in [-0.4, -0.2) is 60.1 Å². The van der Waals surface area contributed by atoms with E-state index in [9.17, 15) is 14.4 Å². The monoisotopic (exact) mass is 360 g/mol. The van der Waals surface area contributed by atoms with Crippen molar-refractivity contribution in [1.82, 2.24) is 4.90 Å². The topological polar surface area (TPSA) is 87.2 Å². The number of carboxylic acids is 1. The lowest BCUT2D eigenvalue weighted by molar-refractivity contribution is -0.151. The second-order valence-corrected chi connectivity index (χ2v) is 6.97. The van der Waals surface area contributed by atoms with E-state index in [1.807, 2.05) is 32.0 Å². The number of anilines is 1. The van der Waals surface area contributed by atoms with E-state index in [1.165, 1.54) is 0 Å². The van der Waals surface area contributed by atoms with Gasteiger partial charge in [0, 0.05) is 25.3 Å². The maximum atomic E-state index is 12.8. The number of hydrogen-bond acceptors (Lipinski definition) is 4. The molecule has 7 heteroatoms. The molecule has 0 aliphatic carbocycles. The summed E-state index contributed by atoms with van der Waals surface area (Å²) < 4.78 is 5.40. The highest BCUT2D eigenvalue weighted by molar-refractivity contribution is 6.09. The average molecular weight is 360 g/mol. The Kier molecular flexibility index (Phi) is 5.27. The third-order valence-electron chi connectivity index (χ3n) is 5.16. The van der Waals surface area contributed by atoms with Crippen LogP contribution in [0.15, 0.2) is 18.2 Å². The van der Waals surface area contributed by atoms with E-state index in [0.29, 0.717) is 26.1 Å². The van der Waals surface area contributed by atoms with Gasteiger partial charge in [0.15, 0.2) is 0 Å². The van der Waals surface area contributed by atoms with E-state index >= 15 is 0 Å². The second kappa shape index (κ2) is 7.45. The van der Waals surface area contributed by atoms with Gasteiger partial charge in [-0.2, -0.15) is 0 Å². The van der Waals surface area contributed by atoms with Crippen LogP contribution in [0.25, 0.3) is 0 Å². The molecule has 2 saturated heterocycles. The Morgan fingerprint density at radius 1 is 1.23 bits per heavy atom. The van der Waals surface area contributed by atoms with Crippen molar-refractivity contribution in [3.05, 3.63) is 29.3 Å². The molecule has 2 heterocycles. The minimum Gasteiger partial charge on any atom is -0.481 e. The van der Waals surface area contributed by atoms with Gasteiger partial charge in [0.2, 0.25) is 11.8 Å². The van der Waals surface area contributed by atoms with E-state index in [-0.39, 0.29) is 24.8 Å². The Balaban J connectivity index is 1.68. The smallest absolute Gasteiger partial charge is 0.306 e.